The number of esters is 1. The highest BCUT2D eigenvalue weighted by molar-refractivity contribution is 5.81. The van der Waals surface area contributed by atoms with Gasteiger partial charge in [0.1, 0.15) is 30.7 Å². The summed E-state index contributed by atoms with van der Waals surface area (Å²) < 4.78 is 34.0. The van der Waals surface area contributed by atoms with Crippen LogP contribution >= 0.6 is 0 Å². The fourth-order valence-corrected chi connectivity index (χ4v) is 2.62. The van der Waals surface area contributed by atoms with E-state index in [1.165, 1.54) is 17.2 Å². The van der Waals surface area contributed by atoms with Crippen molar-refractivity contribution in [3.05, 3.63) is 12.7 Å². The summed E-state index contributed by atoms with van der Waals surface area (Å²) in [5, 5.41) is 10.1. The molecule has 0 aliphatic carbocycles. The van der Waals surface area contributed by atoms with E-state index in [1.54, 1.807) is 6.92 Å². The van der Waals surface area contributed by atoms with Crippen molar-refractivity contribution in [3.8, 4) is 0 Å². The number of nitrogens with two attached hydrogens (primary N) is 1. The molecule has 5 atom stereocenters. The van der Waals surface area contributed by atoms with Crippen LogP contribution in [0.15, 0.2) is 12.7 Å². The monoisotopic (exact) mass is 354 g/mol. The van der Waals surface area contributed by atoms with E-state index in [-0.39, 0.29) is 24.5 Å². The Bertz CT molecular complexity index is 790. The van der Waals surface area contributed by atoms with Gasteiger partial charge in [-0.25, -0.2) is 19.3 Å². The predicted octanol–water partition coefficient (Wildman–Crippen LogP) is 0.738. The molecule has 0 radical (unpaired) electrons. The molecule has 0 saturated carbocycles. The molecule has 9 nitrogen and oxygen atoms in total. The number of anilines is 1. The average molecular weight is 354 g/mol. The second-order valence-corrected chi connectivity index (χ2v) is 5.67. The number of ether oxygens (including phenoxy) is 2. The van der Waals surface area contributed by atoms with E-state index in [4.69, 9.17) is 16.6 Å². The van der Waals surface area contributed by atoms with Gasteiger partial charge in [0.15, 0.2) is 23.9 Å². The van der Waals surface area contributed by atoms with E-state index in [1.807, 2.05) is 0 Å². The number of carbonyl (C=O) groups excluding carboxylic acids is 1. The zero-order chi connectivity index (χ0) is 18.8. The lowest BCUT2D eigenvalue weighted by Crippen LogP contribution is -2.32. The Labute approximate surface area is 144 Å². The van der Waals surface area contributed by atoms with Gasteiger partial charge >= 0.3 is 5.97 Å². The number of aliphatic hydroxyl groups excluding tert-OH is 1. The highest BCUT2D eigenvalue weighted by Gasteiger charge is 2.46. The van der Waals surface area contributed by atoms with E-state index < -0.39 is 37.0 Å². The van der Waals surface area contributed by atoms with Gasteiger partial charge in [0, 0.05) is 7.79 Å². The predicted molar refractivity (Wildman–Crippen MR) is 85.0 cm³/mol. The molecule has 2 aromatic heterocycles. The summed E-state index contributed by atoms with van der Waals surface area (Å²) >= 11 is 0. The fraction of sp³-hybridized carbons (Fsp3) is 0.600. The molecule has 1 aliphatic rings. The van der Waals surface area contributed by atoms with Gasteiger partial charge in [-0.15, -0.1) is 0 Å². The van der Waals surface area contributed by atoms with Crippen molar-refractivity contribution in [2.75, 3.05) is 12.3 Å². The molecular formula is C15H20FN5O4. The van der Waals surface area contributed by atoms with Crippen LogP contribution in [0.25, 0.3) is 11.2 Å². The summed E-state index contributed by atoms with van der Waals surface area (Å²) in [4.78, 5) is 23.5. The molecule has 2 unspecified atom stereocenters. The van der Waals surface area contributed by atoms with Gasteiger partial charge in [-0.05, 0) is 6.40 Å². The van der Waals surface area contributed by atoms with E-state index in [0.29, 0.717) is 11.9 Å². The van der Waals surface area contributed by atoms with Gasteiger partial charge in [0.05, 0.1) is 6.33 Å². The number of hydrogen-bond acceptors (Lipinski definition) is 8. The van der Waals surface area contributed by atoms with Gasteiger partial charge in [-0.3, -0.25) is 9.36 Å². The summed E-state index contributed by atoms with van der Waals surface area (Å²) in [6.45, 7) is 1.48. The highest BCUT2D eigenvalue weighted by atomic mass is 19.1. The molecule has 10 heteroatoms. The summed E-state index contributed by atoms with van der Waals surface area (Å²) in [6, 6.07) is 0. The average Bonchev–Trinajstić information content (AvgIpc) is 3.16. The third-order valence-corrected chi connectivity index (χ3v) is 3.96. The Hall–Kier alpha value is -2.33. The Morgan fingerprint density at radius 2 is 2.36 bits per heavy atom. The normalized spacial score (nSPS) is 28.0. The number of aromatic nitrogens is 4. The second-order valence-electron chi connectivity index (χ2n) is 5.67. The zero-order valence-electron chi connectivity index (χ0n) is 14.6. The van der Waals surface area contributed by atoms with Crippen LogP contribution in [0.4, 0.5) is 10.2 Å². The molecule has 0 bridgehead atoms. The van der Waals surface area contributed by atoms with Crippen LogP contribution in [-0.2, 0) is 14.3 Å². The number of rotatable bonds is 6. The molecule has 2 aromatic rings. The quantitative estimate of drug-likeness (QED) is 0.728. The molecule has 1 fully saturated rings. The summed E-state index contributed by atoms with van der Waals surface area (Å²) in [5.41, 5.74) is 6.28. The maximum atomic E-state index is 14.5. The number of carbonyl (C=O) groups is 1. The van der Waals surface area contributed by atoms with Crippen molar-refractivity contribution in [2.45, 2.75) is 50.8 Å². The van der Waals surface area contributed by atoms with Crippen molar-refractivity contribution in [3.63, 3.8) is 0 Å². The molecule has 3 heterocycles. The number of nitrogens with zero attached hydrogens (tertiary/aromatic N) is 4. The minimum Gasteiger partial charge on any atom is -0.463 e. The van der Waals surface area contributed by atoms with Crippen LogP contribution in [0, 0.1) is 0 Å². The lowest BCUT2D eigenvalue weighted by atomic mass is 10.1. The van der Waals surface area contributed by atoms with Crippen LogP contribution < -0.4 is 5.73 Å². The Balaban J connectivity index is 1.69. The van der Waals surface area contributed by atoms with Crippen molar-refractivity contribution in [2.24, 2.45) is 0 Å². The van der Waals surface area contributed by atoms with Gasteiger partial charge in [0.2, 0.25) is 0 Å². The van der Waals surface area contributed by atoms with E-state index in [9.17, 15) is 14.3 Å². The fourth-order valence-electron chi connectivity index (χ4n) is 2.62. The zero-order valence-corrected chi connectivity index (χ0v) is 13.6. The molecule has 0 spiro atoms. The number of alkyl halides is 1. The van der Waals surface area contributed by atoms with Crippen LogP contribution in [0.3, 0.4) is 0 Å². The summed E-state index contributed by atoms with van der Waals surface area (Å²) in [7, 11) is 0. The minimum atomic E-state index is -1.77. The summed E-state index contributed by atoms with van der Waals surface area (Å²) in [6.07, 6.45) is -3.06. The molecule has 0 aromatic carbocycles. The standard InChI is InChI=1S/C15H20FN5O4/c1-2-3-4-9(22)24-5-8-12(23)10(16)15(25-8)21-7-20-11-13(17)18-6-19-14(11)21/h6-8,10,12,15,23H,2-5H2,1H3,(H2,17,18,19)/t8-,10-,12-,15?/m1/s1/i3D/t3?,8-,10-,12-,15?. The maximum absolute atomic E-state index is 14.5. The van der Waals surface area contributed by atoms with Crippen LogP contribution in [-0.4, -0.2) is 55.6 Å². The van der Waals surface area contributed by atoms with Gasteiger partial charge in [-0.1, -0.05) is 13.3 Å². The molecule has 3 rings (SSSR count). The smallest absolute Gasteiger partial charge is 0.305 e. The number of hydrogen-bond donors (Lipinski definition) is 2. The SMILES string of the molecule is [2H]C(CC)CC(=O)OC[C@H]1OC(n2cnc3c(N)ncnc32)[C@H](F)[C@@H]1O. The lowest BCUT2D eigenvalue weighted by Gasteiger charge is -2.15. The van der Waals surface area contributed by atoms with Gasteiger partial charge in [-0.2, -0.15) is 0 Å². The molecular weight excluding hydrogens is 333 g/mol. The Morgan fingerprint density at radius 3 is 3.12 bits per heavy atom. The van der Waals surface area contributed by atoms with Gasteiger partial charge < -0.3 is 20.3 Å². The largest absolute Gasteiger partial charge is 0.463 e. The first-order valence-electron chi connectivity index (χ1n) is 8.48. The van der Waals surface area contributed by atoms with E-state index in [0.717, 1.165) is 0 Å². The maximum Gasteiger partial charge on any atom is 0.305 e. The first-order valence-corrected chi connectivity index (χ1v) is 7.90. The van der Waals surface area contributed by atoms with Crippen molar-refractivity contribution in [1.29, 1.82) is 0 Å². The molecule has 136 valence electrons. The molecule has 3 N–H and O–H groups in total. The van der Waals surface area contributed by atoms with E-state index >= 15 is 0 Å². The van der Waals surface area contributed by atoms with Gasteiger partial charge in [0.25, 0.3) is 0 Å². The van der Waals surface area contributed by atoms with Crippen LogP contribution in [0.2, 0.25) is 0 Å². The van der Waals surface area contributed by atoms with Crippen molar-refractivity contribution < 1.29 is 25.1 Å². The highest BCUT2D eigenvalue weighted by Crippen LogP contribution is 2.34. The minimum absolute atomic E-state index is 0.0653. The number of fused-ring (bicyclic) bond motifs is 1. The topological polar surface area (TPSA) is 125 Å². The summed E-state index contributed by atoms with van der Waals surface area (Å²) in [5.74, 6) is -0.441. The Morgan fingerprint density at radius 1 is 1.56 bits per heavy atom. The Kier molecular flexibility index (Phi) is 4.70. The molecule has 25 heavy (non-hydrogen) atoms. The number of imidazole rings is 1. The third kappa shape index (κ3) is 3.40. The number of nitrogen functional groups attached to an aromatic ring is 1. The van der Waals surface area contributed by atoms with Crippen LogP contribution in [0.5, 0.6) is 0 Å². The van der Waals surface area contributed by atoms with Crippen molar-refractivity contribution in [1.82, 2.24) is 19.5 Å². The first-order chi connectivity index (χ1) is 12.4. The van der Waals surface area contributed by atoms with E-state index in [2.05, 4.69) is 15.0 Å². The number of aliphatic hydroxyl groups is 1. The second kappa shape index (κ2) is 7.28. The number of halogens is 1. The third-order valence-electron chi connectivity index (χ3n) is 3.96. The van der Waals surface area contributed by atoms with Crippen LogP contribution in [0.1, 0.15) is 33.8 Å². The lowest BCUT2D eigenvalue weighted by molar-refractivity contribution is -0.150. The first kappa shape index (κ1) is 16.2. The molecule has 0 amide bonds. The van der Waals surface area contributed by atoms with Crippen molar-refractivity contribution >= 4 is 23.0 Å². The molecule has 1 aliphatic heterocycles. The molecule has 1 saturated heterocycles.